The molecule has 0 heterocycles. The molecule has 0 radical (unpaired) electrons. The average molecular weight is 474 g/mol. The third kappa shape index (κ3) is 7.53. The van der Waals surface area contributed by atoms with Gasteiger partial charge in [-0.2, -0.15) is 0 Å². The summed E-state index contributed by atoms with van der Waals surface area (Å²) >= 11 is 1.25. The Balaban J connectivity index is 1.99. The van der Waals surface area contributed by atoms with Gasteiger partial charge in [0.25, 0.3) is 0 Å². The van der Waals surface area contributed by atoms with E-state index in [0.717, 1.165) is 5.56 Å². The highest BCUT2D eigenvalue weighted by Gasteiger charge is 2.24. The number of esters is 1. The van der Waals surface area contributed by atoms with E-state index in [-0.39, 0.29) is 18.3 Å². The largest absolute Gasteiger partial charge is 0.493 e. The van der Waals surface area contributed by atoms with Crippen molar-refractivity contribution in [2.45, 2.75) is 44.4 Å². The van der Waals surface area contributed by atoms with Crippen LogP contribution in [-0.4, -0.2) is 43.7 Å². The highest BCUT2D eigenvalue weighted by atomic mass is 32.2. The average Bonchev–Trinajstić information content (AvgIpc) is 2.80. The molecule has 1 atom stereocenters. The number of methoxy groups -OCH3 is 2. The summed E-state index contributed by atoms with van der Waals surface area (Å²) in [5.41, 5.74) is 0.601. The molecule has 0 bridgehead atoms. The molecule has 0 saturated carbocycles. The van der Waals surface area contributed by atoms with Gasteiger partial charge in [-0.1, -0.05) is 39.0 Å². The van der Waals surface area contributed by atoms with Crippen LogP contribution in [0.3, 0.4) is 0 Å². The van der Waals surface area contributed by atoms with E-state index in [1.165, 1.54) is 11.8 Å². The number of rotatable bonds is 10. The summed E-state index contributed by atoms with van der Waals surface area (Å²) in [5, 5.41) is 2.43. The molecular weight excluding hydrogens is 442 g/mol. The number of ketones is 1. The molecule has 0 saturated heterocycles. The SMILES string of the molecule is COc1ccc(CNC(=O)[C@@H](C)Sc2ccccc2C(=O)OCC(=O)C(C)(C)C)cc1OC. The molecule has 178 valence electrons. The lowest BCUT2D eigenvalue weighted by molar-refractivity contribution is -0.129. The zero-order valence-corrected chi connectivity index (χ0v) is 20.7. The maximum atomic E-state index is 12.7. The van der Waals surface area contributed by atoms with Crippen molar-refractivity contribution in [3.63, 3.8) is 0 Å². The summed E-state index contributed by atoms with van der Waals surface area (Å²) in [6, 6.07) is 12.3. The first kappa shape index (κ1) is 26.3. The first-order valence-electron chi connectivity index (χ1n) is 10.5. The van der Waals surface area contributed by atoms with E-state index >= 15 is 0 Å². The number of benzene rings is 2. The predicted octanol–water partition coefficient (Wildman–Crippen LogP) is 4.27. The maximum absolute atomic E-state index is 12.7. The van der Waals surface area contributed by atoms with E-state index < -0.39 is 16.6 Å². The van der Waals surface area contributed by atoms with Gasteiger partial charge in [0.1, 0.15) is 0 Å². The van der Waals surface area contributed by atoms with Crippen molar-refractivity contribution in [2.75, 3.05) is 20.8 Å². The summed E-state index contributed by atoms with van der Waals surface area (Å²) < 4.78 is 15.7. The van der Waals surface area contributed by atoms with Crippen molar-refractivity contribution >= 4 is 29.4 Å². The van der Waals surface area contributed by atoms with Gasteiger partial charge in [0.05, 0.1) is 25.0 Å². The second-order valence-electron chi connectivity index (χ2n) is 8.41. The number of thioether (sulfide) groups is 1. The minimum Gasteiger partial charge on any atom is -0.493 e. The Kier molecular flexibility index (Phi) is 9.34. The van der Waals surface area contributed by atoms with E-state index in [2.05, 4.69) is 5.32 Å². The maximum Gasteiger partial charge on any atom is 0.339 e. The zero-order valence-electron chi connectivity index (χ0n) is 19.9. The molecule has 0 aliphatic carbocycles. The number of nitrogens with one attached hydrogen (secondary N) is 1. The van der Waals surface area contributed by atoms with Crippen LogP contribution in [0.4, 0.5) is 0 Å². The van der Waals surface area contributed by atoms with E-state index in [9.17, 15) is 14.4 Å². The molecule has 1 amide bonds. The molecule has 1 N–H and O–H groups in total. The van der Waals surface area contributed by atoms with Gasteiger partial charge < -0.3 is 19.5 Å². The van der Waals surface area contributed by atoms with Crippen molar-refractivity contribution in [2.24, 2.45) is 5.41 Å². The molecule has 0 unspecified atom stereocenters. The Bertz CT molecular complexity index is 999. The van der Waals surface area contributed by atoms with Crippen molar-refractivity contribution in [1.82, 2.24) is 5.32 Å². The lowest BCUT2D eigenvalue weighted by Crippen LogP contribution is -2.30. The van der Waals surface area contributed by atoms with E-state index in [1.807, 2.05) is 6.07 Å². The molecular formula is C25H31NO6S. The minimum atomic E-state index is -0.589. The fourth-order valence-corrected chi connectivity index (χ4v) is 3.74. The van der Waals surface area contributed by atoms with Gasteiger partial charge >= 0.3 is 5.97 Å². The van der Waals surface area contributed by atoms with Crippen LogP contribution in [0.5, 0.6) is 11.5 Å². The van der Waals surface area contributed by atoms with Crippen molar-refractivity contribution < 1.29 is 28.6 Å². The Hall–Kier alpha value is -3.00. The fourth-order valence-electron chi connectivity index (χ4n) is 2.73. The quantitative estimate of drug-likeness (QED) is 0.407. The van der Waals surface area contributed by atoms with E-state index in [0.29, 0.717) is 28.5 Å². The topological polar surface area (TPSA) is 90.9 Å². The van der Waals surface area contributed by atoms with E-state index in [4.69, 9.17) is 14.2 Å². The van der Waals surface area contributed by atoms with Crippen LogP contribution >= 0.6 is 11.8 Å². The molecule has 2 aromatic rings. The van der Waals surface area contributed by atoms with Gasteiger partial charge in [0.15, 0.2) is 23.9 Å². The normalized spacial score (nSPS) is 11.9. The predicted molar refractivity (Wildman–Crippen MR) is 128 cm³/mol. The zero-order chi connectivity index (χ0) is 24.6. The first-order chi connectivity index (χ1) is 15.6. The molecule has 0 aromatic heterocycles. The monoisotopic (exact) mass is 473 g/mol. The van der Waals surface area contributed by atoms with Gasteiger partial charge in [0.2, 0.25) is 5.91 Å². The number of ether oxygens (including phenoxy) is 3. The molecule has 0 fully saturated rings. The van der Waals surface area contributed by atoms with Gasteiger partial charge in [0, 0.05) is 16.9 Å². The number of amides is 1. The van der Waals surface area contributed by atoms with E-state index in [1.54, 1.807) is 78.3 Å². The number of hydrogen-bond donors (Lipinski definition) is 1. The van der Waals surface area contributed by atoms with Gasteiger partial charge in [-0.05, 0) is 36.8 Å². The Labute approximate surface area is 199 Å². The van der Waals surface area contributed by atoms with Crippen molar-refractivity contribution in [3.05, 3.63) is 53.6 Å². The second-order valence-corrected chi connectivity index (χ2v) is 9.80. The van der Waals surface area contributed by atoms with Crippen LogP contribution in [0, 0.1) is 5.41 Å². The summed E-state index contributed by atoms with van der Waals surface area (Å²) in [6.45, 7) is 7.12. The van der Waals surface area contributed by atoms with Crippen molar-refractivity contribution in [3.8, 4) is 11.5 Å². The lowest BCUT2D eigenvalue weighted by atomic mass is 9.91. The van der Waals surface area contributed by atoms with Crippen LogP contribution in [0.1, 0.15) is 43.6 Å². The third-order valence-electron chi connectivity index (χ3n) is 4.87. The highest BCUT2D eigenvalue weighted by Crippen LogP contribution is 2.29. The minimum absolute atomic E-state index is 0.163. The number of carbonyl (C=O) groups is 3. The Morgan fingerprint density at radius 3 is 2.30 bits per heavy atom. The highest BCUT2D eigenvalue weighted by molar-refractivity contribution is 8.00. The van der Waals surface area contributed by atoms with Crippen LogP contribution in [-0.2, 0) is 20.9 Å². The van der Waals surface area contributed by atoms with Gasteiger partial charge in [-0.3, -0.25) is 9.59 Å². The molecule has 2 rings (SSSR count). The number of carbonyl (C=O) groups excluding carboxylic acids is 3. The summed E-state index contributed by atoms with van der Waals surface area (Å²) in [6.07, 6.45) is 0. The smallest absolute Gasteiger partial charge is 0.339 e. The lowest BCUT2D eigenvalue weighted by Gasteiger charge is -2.17. The summed E-state index contributed by atoms with van der Waals surface area (Å²) in [7, 11) is 3.12. The van der Waals surface area contributed by atoms with Crippen LogP contribution in [0.2, 0.25) is 0 Å². The first-order valence-corrected chi connectivity index (χ1v) is 11.4. The Morgan fingerprint density at radius 1 is 1.00 bits per heavy atom. The second kappa shape index (κ2) is 11.7. The molecule has 33 heavy (non-hydrogen) atoms. The number of hydrogen-bond acceptors (Lipinski definition) is 7. The summed E-state index contributed by atoms with van der Waals surface area (Å²) in [5.74, 6) is 0.270. The Morgan fingerprint density at radius 2 is 1.67 bits per heavy atom. The molecule has 0 aliphatic rings. The molecule has 2 aromatic carbocycles. The molecule has 0 spiro atoms. The fraction of sp³-hybridized carbons (Fsp3) is 0.400. The van der Waals surface area contributed by atoms with Crippen LogP contribution in [0.25, 0.3) is 0 Å². The summed E-state index contributed by atoms with van der Waals surface area (Å²) in [4.78, 5) is 37.9. The standard InChI is InChI=1S/C25H31NO6S/c1-16(23(28)26-14-17-11-12-19(30-5)20(13-17)31-6)33-21-10-8-7-9-18(21)24(29)32-15-22(27)25(2,3)4/h7-13,16H,14-15H2,1-6H3,(H,26,28)/t16-/m1/s1. The van der Waals surface area contributed by atoms with Gasteiger partial charge in [-0.15, -0.1) is 11.8 Å². The van der Waals surface area contributed by atoms with Crippen LogP contribution in [0.15, 0.2) is 47.4 Å². The molecule has 8 heteroatoms. The molecule has 0 aliphatic heterocycles. The van der Waals surface area contributed by atoms with Crippen LogP contribution < -0.4 is 14.8 Å². The number of Topliss-reactive ketones (excluding diaryl/α,β-unsaturated/α-hetero) is 1. The third-order valence-corrected chi connectivity index (χ3v) is 6.04. The van der Waals surface area contributed by atoms with Crippen molar-refractivity contribution in [1.29, 1.82) is 0 Å². The van der Waals surface area contributed by atoms with Gasteiger partial charge in [-0.25, -0.2) is 4.79 Å². The molecule has 7 nitrogen and oxygen atoms in total.